The van der Waals surface area contributed by atoms with Crippen LogP contribution in [0.2, 0.25) is 5.02 Å². The zero-order valence-corrected chi connectivity index (χ0v) is 8.78. The number of carbonyl (C=O) groups excluding carboxylic acids is 1. The second-order valence-corrected chi connectivity index (χ2v) is 3.19. The fourth-order valence-electron chi connectivity index (χ4n) is 1.02. The molecule has 4 nitrogen and oxygen atoms in total. The predicted molar refractivity (Wildman–Crippen MR) is 57.9 cm³/mol. The van der Waals surface area contributed by atoms with Gasteiger partial charge in [0, 0.05) is 12.1 Å². The summed E-state index contributed by atoms with van der Waals surface area (Å²) in [6, 6.07) is 2.85. The first-order valence-electron chi connectivity index (χ1n) is 4.08. The molecule has 0 bridgehead atoms. The highest BCUT2D eigenvalue weighted by molar-refractivity contribution is 6.32. The summed E-state index contributed by atoms with van der Waals surface area (Å²) in [5.41, 5.74) is 5.49. The highest BCUT2D eigenvalue weighted by atomic mass is 35.5. The summed E-state index contributed by atoms with van der Waals surface area (Å²) in [6.45, 7) is 0. The molecule has 0 saturated heterocycles. The Kier molecular flexibility index (Phi) is 3.57. The average Bonchev–Trinajstić information content (AvgIpc) is 2.16. The van der Waals surface area contributed by atoms with E-state index in [1.807, 2.05) is 0 Å². The maximum Gasteiger partial charge on any atom is 0.241 e. The van der Waals surface area contributed by atoms with Crippen LogP contribution in [0.1, 0.15) is 5.56 Å². The van der Waals surface area contributed by atoms with Crippen LogP contribution in [0, 0.1) is 0 Å². The predicted octanol–water partition coefficient (Wildman–Crippen LogP) is 1.55. The number of phenols is 1. The maximum atomic E-state index is 10.5. The number of ether oxygens (including phenoxy) is 1. The van der Waals surface area contributed by atoms with Crippen molar-refractivity contribution in [1.29, 1.82) is 0 Å². The number of halogens is 1. The van der Waals surface area contributed by atoms with Crippen LogP contribution in [0.4, 0.5) is 0 Å². The van der Waals surface area contributed by atoms with Crippen LogP contribution in [0.15, 0.2) is 18.2 Å². The summed E-state index contributed by atoms with van der Waals surface area (Å²) in [5, 5.41) is 9.68. The van der Waals surface area contributed by atoms with E-state index in [1.54, 1.807) is 0 Å². The van der Waals surface area contributed by atoms with Crippen LogP contribution in [0.5, 0.6) is 11.5 Å². The molecule has 1 amide bonds. The quantitative estimate of drug-likeness (QED) is 0.770. The fraction of sp³-hybridized carbons (Fsp3) is 0.100. The lowest BCUT2D eigenvalue weighted by atomic mass is 10.2. The van der Waals surface area contributed by atoms with Crippen molar-refractivity contribution in [3.8, 4) is 11.5 Å². The Labute approximate surface area is 91.9 Å². The normalized spacial score (nSPS) is 10.5. The second kappa shape index (κ2) is 4.70. The van der Waals surface area contributed by atoms with Gasteiger partial charge in [0.25, 0.3) is 0 Å². The monoisotopic (exact) mass is 227 g/mol. The third-order valence-electron chi connectivity index (χ3n) is 1.73. The van der Waals surface area contributed by atoms with Gasteiger partial charge in [-0.2, -0.15) is 0 Å². The van der Waals surface area contributed by atoms with Crippen molar-refractivity contribution in [2.24, 2.45) is 5.73 Å². The van der Waals surface area contributed by atoms with Crippen LogP contribution in [-0.2, 0) is 4.79 Å². The van der Waals surface area contributed by atoms with E-state index in [4.69, 9.17) is 22.1 Å². The Bertz CT molecular complexity index is 415. The third-order valence-corrected chi connectivity index (χ3v) is 2.05. The maximum absolute atomic E-state index is 10.5. The van der Waals surface area contributed by atoms with Crippen molar-refractivity contribution in [1.82, 2.24) is 0 Å². The Hall–Kier alpha value is -1.68. The smallest absolute Gasteiger partial charge is 0.241 e. The first-order valence-corrected chi connectivity index (χ1v) is 4.46. The number of carbonyl (C=O) groups is 1. The van der Waals surface area contributed by atoms with E-state index in [9.17, 15) is 9.90 Å². The molecule has 0 fully saturated rings. The van der Waals surface area contributed by atoms with E-state index >= 15 is 0 Å². The Morgan fingerprint density at radius 1 is 1.60 bits per heavy atom. The van der Waals surface area contributed by atoms with Gasteiger partial charge in [-0.15, -0.1) is 0 Å². The summed E-state index contributed by atoms with van der Waals surface area (Å²) < 4.78 is 4.89. The van der Waals surface area contributed by atoms with E-state index in [0.29, 0.717) is 10.6 Å². The number of phenolic OH excluding ortho intramolecular Hbond substituents is 1. The second-order valence-electron chi connectivity index (χ2n) is 2.78. The minimum atomic E-state index is -0.571. The van der Waals surface area contributed by atoms with Gasteiger partial charge in [0.1, 0.15) is 0 Å². The summed E-state index contributed by atoms with van der Waals surface area (Å²) in [4.78, 5) is 10.5. The molecule has 0 aliphatic heterocycles. The first kappa shape index (κ1) is 11.4. The first-order chi connectivity index (χ1) is 7.04. The van der Waals surface area contributed by atoms with Gasteiger partial charge in [0.05, 0.1) is 12.1 Å². The van der Waals surface area contributed by atoms with Crippen molar-refractivity contribution < 1.29 is 14.6 Å². The van der Waals surface area contributed by atoms with Gasteiger partial charge in [-0.05, 0) is 17.7 Å². The highest BCUT2D eigenvalue weighted by Gasteiger charge is 2.06. The molecule has 5 heteroatoms. The summed E-state index contributed by atoms with van der Waals surface area (Å²) in [6.07, 6.45) is 2.63. The molecule has 15 heavy (non-hydrogen) atoms. The van der Waals surface area contributed by atoms with E-state index in [1.165, 1.54) is 31.4 Å². The van der Waals surface area contributed by atoms with Crippen molar-refractivity contribution in [2.75, 3.05) is 7.11 Å². The SMILES string of the molecule is COc1cc(/C=C\C(N)=O)c(Cl)cc1O. The molecule has 1 aromatic carbocycles. The van der Waals surface area contributed by atoms with Crippen LogP contribution in [0.3, 0.4) is 0 Å². The summed E-state index contributed by atoms with van der Waals surface area (Å²) in [5.74, 6) is -0.347. The third kappa shape index (κ3) is 2.89. The Morgan fingerprint density at radius 2 is 2.27 bits per heavy atom. The van der Waals surface area contributed by atoms with E-state index in [2.05, 4.69) is 0 Å². The molecule has 0 aliphatic carbocycles. The van der Waals surface area contributed by atoms with E-state index in [-0.39, 0.29) is 11.5 Å². The largest absolute Gasteiger partial charge is 0.504 e. The molecule has 0 aromatic heterocycles. The number of primary amides is 1. The number of hydrogen-bond acceptors (Lipinski definition) is 3. The van der Waals surface area contributed by atoms with Gasteiger partial charge in [-0.3, -0.25) is 4.79 Å². The minimum absolute atomic E-state index is 0.0567. The number of benzene rings is 1. The molecule has 0 radical (unpaired) electrons. The highest BCUT2D eigenvalue weighted by Crippen LogP contribution is 2.32. The average molecular weight is 228 g/mol. The molecule has 80 valence electrons. The molecule has 0 heterocycles. The molecular weight excluding hydrogens is 218 g/mol. The number of amides is 1. The molecule has 0 saturated carbocycles. The van der Waals surface area contributed by atoms with Crippen molar-refractivity contribution in [3.63, 3.8) is 0 Å². The van der Waals surface area contributed by atoms with E-state index < -0.39 is 5.91 Å². The number of methoxy groups -OCH3 is 1. The number of nitrogens with two attached hydrogens (primary N) is 1. The van der Waals surface area contributed by atoms with Gasteiger partial charge in [-0.1, -0.05) is 11.6 Å². The summed E-state index contributed by atoms with van der Waals surface area (Å²) in [7, 11) is 1.42. The van der Waals surface area contributed by atoms with Crippen LogP contribution in [0.25, 0.3) is 6.08 Å². The Morgan fingerprint density at radius 3 is 2.80 bits per heavy atom. The molecule has 0 atom stereocenters. The van der Waals surface area contributed by atoms with E-state index in [0.717, 1.165) is 0 Å². The molecule has 3 N–H and O–H groups in total. The lowest BCUT2D eigenvalue weighted by Gasteiger charge is -2.05. The molecule has 0 aliphatic rings. The molecule has 1 aromatic rings. The molecule has 0 unspecified atom stereocenters. The van der Waals surface area contributed by atoms with Gasteiger partial charge in [0.2, 0.25) is 5.91 Å². The van der Waals surface area contributed by atoms with Crippen LogP contribution < -0.4 is 10.5 Å². The van der Waals surface area contributed by atoms with Crippen molar-refractivity contribution in [2.45, 2.75) is 0 Å². The molecule has 0 spiro atoms. The molecular formula is C10H10ClNO3. The van der Waals surface area contributed by atoms with Gasteiger partial charge < -0.3 is 15.6 Å². The minimum Gasteiger partial charge on any atom is -0.504 e. The Balaban J connectivity index is 3.13. The fourth-order valence-corrected chi connectivity index (χ4v) is 1.24. The van der Waals surface area contributed by atoms with Crippen molar-refractivity contribution >= 4 is 23.6 Å². The van der Waals surface area contributed by atoms with Crippen LogP contribution >= 0.6 is 11.6 Å². The lowest BCUT2D eigenvalue weighted by Crippen LogP contribution is -2.05. The number of hydrogen-bond donors (Lipinski definition) is 2. The van der Waals surface area contributed by atoms with Crippen LogP contribution in [-0.4, -0.2) is 18.1 Å². The topological polar surface area (TPSA) is 72.5 Å². The van der Waals surface area contributed by atoms with Gasteiger partial charge in [0.15, 0.2) is 11.5 Å². The molecule has 1 rings (SSSR count). The zero-order chi connectivity index (χ0) is 11.4. The summed E-state index contributed by atoms with van der Waals surface area (Å²) >= 11 is 5.82. The number of aromatic hydroxyl groups is 1. The lowest BCUT2D eigenvalue weighted by molar-refractivity contribution is -0.113. The van der Waals surface area contributed by atoms with Crippen molar-refractivity contribution in [3.05, 3.63) is 28.8 Å². The standard InChI is InChI=1S/C10H10ClNO3/c1-15-9-4-6(2-3-10(12)14)7(11)5-8(9)13/h2-5,13H,1H3,(H2,12,14)/b3-2-. The van der Waals surface area contributed by atoms with Gasteiger partial charge >= 0.3 is 0 Å². The van der Waals surface area contributed by atoms with Gasteiger partial charge in [-0.25, -0.2) is 0 Å². The number of rotatable bonds is 3. The zero-order valence-electron chi connectivity index (χ0n) is 8.03.